The van der Waals surface area contributed by atoms with Gasteiger partial charge in [0.25, 0.3) is 0 Å². The van der Waals surface area contributed by atoms with Crippen molar-refractivity contribution < 1.29 is 4.74 Å². The molecular formula is C12H21NO. The van der Waals surface area contributed by atoms with E-state index in [4.69, 9.17) is 11.2 Å². The lowest BCUT2D eigenvalue weighted by Crippen LogP contribution is -2.36. The fraction of sp³-hybridized carbons (Fsp3) is 0.833. The Bertz CT molecular complexity index is 179. The summed E-state index contributed by atoms with van der Waals surface area (Å²) in [5, 5.41) is 3.53. The molecule has 80 valence electrons. The van der Waals surface area contributed by atoms with Crippen LogP contribution in [0.25, 0.3) is 0 Å². The number of rotatable bonds is 6. The second-order valence-electron chi connectivity index (χ2n) is 3.88. The minimum absolute atomic E-state index is 0.607. The molecule has 1 saturated heterocycles. The van der Waals surface area contributed by atoms with Crippen LogP contribution in [0.15, 0.2) is 0 Å². The molecule has 14 heavy (non-hydrogen) atoms. The Morgan fingerprint density at radius 1 is 1.64 bits per heavy atom. The number of terminal acetylenes is 1. The number of hydrogen-bond acceptors (Lipinski definition) is 2. The van der Waals surface area contributed by atoms with E-state index >= 15 is 0 Å². The molecular weight excluding hydrogens is 174 g/mol. The molecule has 0 aromatic heterocycles. The number of hydrogen-bond donors (Lipinski definition) is 1. The van der Waals surface area contributed by atoms with E-state index in [0.29, 0.717) is 12.0 Å². The van der Waals surface area contributed by atoms with Gasteiger partial charge in [0.1, 0.15) is 0 Å². The average Bonchev–Trinajstić information content (AvgIpc) is 2.70. The van der Waals surface area contributed by atoms with E-state index in [1.54, 1.807) is 0 Å². The lowest BCUT2D eigenvalue weighted by molar-refractivity contribution is 0.175. The Hall–Kier alpha value is -0.520. The molecule has 0 spiro atoms. The summed E-state index contributed by atoms with van der Waals surface area (Å²) in [6.07, 6.45) is 9.66. The topological polar surface area (TPSA) is 21.3 Å². The van der Waals surface area contributed by atoms with Gasteiger partial charge < -0.3 is 10.1 Å². The molecule has 0 aromatic rings. The SMILES string of the molecule is C#CCCCC(NCC)C1CCOC1. The van der Waals surface area contributed by atoms with Gasteiger partial charge in [0, 0.05) is 19.1 Å². The molecule has 2 unspecified atom stereocenters. The van der Waals surface area contributed by atoms with Crippen molar-refractivity contribution in [1.29, 1.82) is 0 Å². The van der Waals surface area contributed by atoms with E-state index in [-0.39, 0.29) is 0 Å². The van der Waals surface area contributed by atoms with Crippen LogP contribution in [0.4, 0.5) is 0 Å². The molecule has 0 bridgehead atoms. The molecule has 1 aliphatic rings. The van der Waals surface area contributed by atoms with E-state index in [2.05, 4.69) is 18.2 Å². The van der Waals surface area contributed by atoms with Crippen LogP contribution in [0.5, 0.6) is 0 Å². The van der Waals surface area contributed by atoms with Gasteiger partial charge in [0.2, 0.25) is 0 Å². The van der Waals surface area contributed by atoms with Crippen molar-refractivity contribution in [3.8, 4) is 12.3 Å². The van der Waals surface area contributed by atoms with Gasteiger partial charge >= 0.3 is 0 Å². The number of ether oxygens (including phenoxy) is 1. The molecule has 2 atom stereocenters. The Morgan fingerprint density at radius 2 is 2.50 bits per heavy atom. The van der Waals surface area contributed by atoms with E-state index < -0.39 is 0 Å². The van der Waals surface area contributed by atoms with E-state index in [1.165, 1.54) is 12.8 Å². The molecule has 1 N–H and O–H groups in total. The lowest BCUT2D eigenvalue weighted by Gasteiger charge is -2.22. The Labute approximate surface area is 87.4 Å². The largest absolute Gasteiger partial charge is 0.381 e. The maximum Gasteiger partial charge on any atom is 0.0510 e. The van der Waals surface area contributed by atoms with Crippen molar-refractivity contribution in [3.63, 3.8) is 0 Å². The molecule has 0 saturated carbocycles. The van der Waals surface area contributed by atoms with Crippen LogP contribution in [-0.4, -0.2) is 25.8 Å². The first-order valence-corrected chi connectivity index (χ1v) is 5.63. The predicted molar refractivity (Wildman–Crippen MR) is 59.1 cm³/mol. The Morgan fingerprint density at radius 3 is 3.07 bits per heavy atom. The monoisotopic (exact) mass is 195 g/mol. The third-order valence-electron chi connectivity index (χ3n) is 2.84. The maximum absolute atomic E-state index is 5.41. The summed E-state index contributed by atoms with van der Waals surface area (Å²) in [5.74, 6) is 3.40. The minimum atomic E-state index is 0.607. The number of unbranched alkanes of at least 4 members (excludes halogenated alkanes) is 1. The predicted octanol–water partition coefficient (Wildman–Crippen LogP) is 1.80. The standard InChI is InChI=1S/C12H21NO/c1-3-5-6-7-12(13-4-2)11-8-9-14-10-11/h1,11-13H,4-10H2,2H3. The summed E-state index contributed by atoms with van der Waals surface area (Å²) in [5.41, 5.74) is 0. The van der Waals surface area contributed by atoms with Crippen LogP contribution in [0.2, 0.25) is 0 Å². The molecule has 1 heterocycles. The van der Waals surface area contributed by atoms with Crippen LogP contribution in [-0.2, 0) is 4.74 Å². The molecule has 0 amide bonds. The highest BCUT2D eigenvalue weighted by atomic mass is 16.5. The van der Waals surface area contributed by atoms with Gasteiger partial charge in [-0.25, -0.2) is 0 Å². The second-order valence-corrected chi connectivity index (χ2v) is 3.88. The third-order valence-corrected chi connectivity index (χ3v) is 2.84. The minimum Gasteiger partial charge on any atom is -0.381 e. The summed E-state index contributed by atoms with van der Waals surface area (Å²) < 4.78 is 5.41. The normalized spacial score (nSPS) is 23.3. The maximum atomic E-state index is 5.41. The average molecular weight is 195 g/mol. The molecule has 2 heteroatoms. The zero-order valence-corrected chi connectivity index (χ0v) is 9.09. The highest BCUT2D eigenvalue weighted by molar-refractivity contribution is 4.85. The van der Waals surface area contributed by atoms with Crippen LogP contribution >= 0.6 is 0 Å². The van der Waals surface area contributed by atoms with Gasteiger partial charge in [0.05, 0.1) is 6.61 Å². The molecule has 0 aliphatic carbocycles. The third kappa shape index (κ3) is 3.69. The summed E-state index contributed by atoms with van der Waals surface area (Å²) in [6.45, 7) is 5.05. The van der Waals surface area contributed by atoms with Gasteiger partial charge in [-0.1, -0.05) is 6.92 Å². The van der Waals surface area contributed by atoms with Gasteiger partial charge in [0.15, 0.2) is 0 Å². The van der Waals surface area contributed by atoms with E-state index in [1.807, 2.05) is 0 Å². The van der Waals surface area contributed by atoms with Gasteiger partial charge in [-0.2, -0.15) is 0 Å². The fourth-order valence-electron chi connectivity index (χ4n) is 2.06. The van der Waals surface area contributed by atoms with Crippen molar-refractivity contribution in [2.75, 3.05) is 19.8 Å². The summed E-state index contributed by atoms with van der Waals surface area (Å²) in [4.78, 5) is 0. The Balaban J connectivity index is 2.26. The highest BCUT2D eigenvalue weighted by Gasteiger charge is 2.24. The van der Waals surface area contributed by atoms with Crippen LogP contribution < -0.4 is 5.32 Å². The van der Waals surface area contributed by atoms with Crippen molar-refractivity contribution >= 4 is 0 Å². The summed E-state index contributed by atoms with van der Waals surface area (Å²) in [7, 11) is 0. The quantitative estimate of drug-likeness (QED) is 0.515. The van der Waals surface area contributed by atoms with Crippen LogP contribution in [0, 0.1) is 18.3 Å². The van der Waals surface area contributed by atoms with Crippen LogP contribution in [0.1, 0.15) is 32.6 Å². The smallest absolute Gasteiger partial charge is 0.0510 e. The molecule has 1 aliphatic heterocycles. The van der Waals surface area contributed by atoms with Crippen molar-refractivity contribution in [2.45, 2.75) is 38.6 Å². The zero-order valence-electron chi connectivity index (χ0n) is 9.09. The first-order chi connectivity index (χ1) is 6.88. The number of nitrogens with one attached hydrogen (secondary N) is 1. The van der Waals surface area contributed by atoms with Gasteiger partial charge in [-0.15, -0.1) is 12.3 Å². The fourth-order valence-corrected chi connectivity index (χ4v) is 2.06. The zero-order chi connectivity index (χ0) is 10.2. The van der Waals surface area contributed by atoms with E-state index in [0.717, 1.165) is 32.6 Å². The van der Waals surface area contributed by atoms with Crippen molar-refractivity contribution in [3.05, 3.63) is 0 Å². The Kier molecular flexibility index (Phi) is 5.66. The first kappa shape index (κ1) is 11.6. The van der Waals surface area contributed by atoms with Crippen molar-refractivity contribution in [2.24, 2.45) is 5.92 Å². The van der Waals surface area contributed by atoms with E-state index in [9.17, 15) is 0 Å². The second kappa shape index (κ2) is 6.86. The molecule has 0 aromatic carbocycles. The molecule has 0 radical (unpaired) electrons. The van der Waals surface area contributed by atoms with Gasteiger partial charge in [-0.3, -0.25) is 0 Å². The first-order valence-electron chi connectivity index (χ1n) is 5.63. The summed E-state index contributed by atoms with van der Waals surface area (Å²) >= 11 is 0. The molecule has 1 rings (SSSR count). The highest BCUT2D eigenvalue weighted by Crippen LogP contribution is 2.20. The van der Waals surface area contributed by atoms with Crippen LogP contribution in [0.3, 0.4) is 0 Å². The molecule has 1 fully saturated rings. The van der Waals surface area contributed by atoms with Gasteiger partial charge in [-0.05, 0) is 31.7 Å². The molecule has 2 nitrogen and oxygen atoms in total. The van der Waals surface area contributed by atoms with Crippen molar-refractivity contribution in [1.82, 2.24) is 5.32 Å². The lowest BCUT2D eigenvalue weighted by atomic mass is 9.94. The summed E-state index contributed by atoms with van der Waals surface area (Å²) in [6, 6.07) is 0.607.